The van der Waals surface area contributed by atoms with Crippen LogP contribution in [-0.2, 0) is 6.42 Å². The number of hydrogen-bond acceptors (Lipinski definition) is 3. The van der Waals surface area contributed by atoms with Gasteiger partial charge in [-0.3, -0.25) is 0 Å². The van der Waals surface area contributed by atoms with Crippen LogP contribution < -0.4 is 0 Å². The second-order valence-electron chi connectivity index (χ2n) is 4.38. The minimum atomic E-state index is 0.286. The number of aromatic nitrogens is 1. The molecule has 0 saturated heterocycles. The first kappa shape index (κ1) is 12.6. The Balaban J connectivity index is 2.40. The minimum absolute atomic E-state index is 0.286. The monoisotopic (exact) mass is 311 g/mol. The standard InChI is InChI=1S/C13H14BrNOS/c1-8(2)7-11-12(15-13(14)17-11)9-3-5-10(16)6-4-9/h3-6,8,16H,7H2,1-2H3. The molecule has 0 saturated carbocycles. The van der Waals surface area contributed by atoms with E-state index in [-0.39, 0.29) is 5.75 Å². The summed E-state index contributed by atoms with van der Waals surface area (Å²) in [7, 11) is 0. The molecule has 0 radical (unpaired) electrons. The third kappa shape index (κ3) is 3.07. The van der Waals surface area contributed by atoms with Crippen molar-refractivity contribution in [3.8, 4) is 17.0 Å². The minimum Gasteiger partial charge on any atom is -0.508 e. The van der Waals surface area contributed by atoms with Crippen molar-refractivity contribution in [3.05, 3.63) is 33.1 Å². The van der Waals surface area contributed by atoms with Gasteiger partial charge in [0.1, 0.15) is 5.75 Å². The van der Waals surface area contributed by atoms with Crippen LogP contribution in [-0.4, -0.2) is 10.1 Å². The van der Waals surface area contributed by atoms with Gasteiger partial charge in [-0.1, -0.05) is 13.8 Å². The molecule has 1 aromatic carbocycles. The van der Waals surface area contributed by atoms with Crippen molar-refractivity contribution in [2.45, 2.75) is 20.3 Å². The predicted molar refractivity (Wildman–Crippen MR) is 75.5 cm³/mol. The van der Waals surface area contributed by atoms with Gasteiger partial charge in [0.15, 0.2) is 3.92 Å². The fourth-order valence-corrected chi connectivity index (χ4v) is 3.46. The number of hydrogen-bond donors (Lipinski definition) is 1. The van der Waals surface area contributed by atoms with E-state index >= 15 is 0 Å². The highest BCUT2D eigenvalue weighted by Crippen LogP contribution is 2.33. The fraction of sp³-hybridized carbons (Fsp3) is 0.308. The molecule has 1 N–H and O–H groups in total. The number of nitrogens with zero attached hydrogens (tertiary/aromatic N) is 1. The van der Waals surface area contributed by atoms with Crippen LogP contribution in [0.25, 0.3) is 11.3 Å². The maximum Gasteiger partial charge on any atom is 0.160 e. The van der Waals surface area contributed by atoms with Gasteiger partial charge >= 0.3 is 0 Å². The Kier molecular flexibility index (Phi) is 3.84. The quantitative estimate of drug-likeness (QED) is 0.906. The molecular weight excluding hydrogens is 298 g/mol. The molecule has 90 valence electrons. The van der Waals surface area contributed by atoms with E-state index in [4.69, 9.17) is 0 Å². The van der Waals surface area contributed by atoms with Crippen molar-refractivity contribution in [2.24, 2.45) is 5.92 Å². The Morgan fingerprint density at radius 2 is 1.94 bits per heavy atom. The molecule has 4 heteroatoms. The second kappa shape index (κ2) is 5.19. The summed E-state index contributed by atoms with van der Waals surface area (Å²) >= 11 is 5.13. The number of phenolic OH excluding ortho intramolecular Hbond substituents is 1. The van der Waals surface area contributed by atoms with Crippen LogP contribution in [0.5, 0.6) is 5.75 Å². The molecule has 1 heterocycles. The fourth-order valence-electron chi connectivity index (χ4n) is 1.68. The Hall–Kier alpha value is -0.870. The highest BCUT2D eigenvalue weighted by Gasteiger charge is 2.13. The van der Waals surface area contributed by atoms with Gasteiger partial charge in [0, 0.05) is 10.4 Å². The van der Waals surface area contributed by atoms with Crippen LogP contribution in [0, 0.1) is 5.92 Å². The van der Waals surface area contributed by atoms with Crippen molar-refractivity contribution in [2.75, 3.05) is 0 Å². The molecule has 17 heavy (non-hydrogen) atoms. The van der Waals surface area contributed by atoms with E-state index < -0.39 is 0 Å². The smallest absolute Gasteiger partial charge is 0.160 e. The van der Waals surface area contributed by atoms with Crippen molar-refractivity contribution >= 4 is 27.3 Å². The van der Waals surface area contributed by atoms with Gasteiger partial charge in [-0.25, -0.2) is 4.98 Å². The summed E-state index contributed by atoms with van der Waals surface area (Å²) in [6, 6.07) is 7.20. The molecule has 0 spiro atoms. The van der Waals surface area contributed by atoms with Crippen LogP contribution in [0.2, 0.25) is 0 Å². The lowest BCUT2D eigenvalue weighted by atomic mass is 10.0. The Bertz CT molecular complexity index is 505. The lowest BCUT2D eigenvalue weighted by Gasteiger charge is -2.05. The number of phenols is 1. The molecule has 2 aromatic rings. The topological polar surface area (TPSA) is 33.1 Å². The van der Waals surface area contributed by atoms with E-state index in [9.17, 15) is 5.11 Å². The molecule has 0 aliphatic rings. The normalized spacial score (nSPS) is 11.1. The van der Waals surface area contributed by atoms with E-state index in [0.717, 1.165) is 21.6 Å². The third-order valence-corrected chi connectivity index (χ3v) is 3.93. The first-order valence-electron chi connectivity index (χ1n) is 5.51. The summed E-state index contributed by atoms with van der Waals surface area (Å²) in [6.07, 6.45) is 1.03. The number of halogens is 1. The highest BCUT2D eigenvalue weighted by atomic mass is 79.9. The molecule has 1 aromatic heterocycles. The average Bonchev–Trinajstić information content (AvgIpc) is 2.59. The summed E-state index contributed by atoms with van der Waals surface area (Å²) in [4.78, 5) is 5.81. The first-order chi connectivity index (χ1) is 8.06. The van der Waals surface area contributed by atoms with Crippen molar-refractivity contribution in [1.29, 1.82) is 0 Å². The van der Waals surface area contributed by atoms with Crippen LogP contribution in [0.3, 0.4) is 0 Å². The first-order valence-corrected chi connectivity index (χ1v) is 7.12. The largest absolute Gasteiger partial charge is 0.508 e. The summed E-state index contributed by atoms with van der Waals surface area (Å²) in [6.45, 7) is 4.41. The Morgan fingerprint density at radius 3 is 2.53 bits per heavy atom. The SMILES string of the molecule is CC(C)Cc1sc(Br)nc1-c1ccc(O)cc1. The van der Waals surface area contributed by atoms with Crippen LogP contribution in [0.15, 0.2) is 28.2 Å². The zero-order chi connectivity index (χ0) is 12.4. The van der Waals surface area contributed by atoms with Crippen molar-refractivity contribution in [1.82, 2.24) is 4.98 Å². The number of aromatic hydroxyl groups is 1. The number of rotatable bonds is 3. The van der Waals surface area contributed by atoms with E-state index in [0.29, 0.717) is 5.92 Å². The highest BCUT2D eigenvalue weighted by molar-refractivity contribution is 9.11. The second-order valence-corrected chi connectivity index (χ2v) is 6.74. The summed E-state index contributed by atoms with van der Waals surface area (Å²) < 4.78 is 0.913. The van der Waals surface area contributed by atoms with Gasteiger partial charge in [0.25, 0.3) is 0 Å². The van der Waals surface area contributed by atoms with E-state index in [1.807, 2.05) is 12.1 Å². The lowest BCUT2D eigenvalue weighted by Crippen LogP contribution is -1.93. The predicted octanol–water partition coefficient (Wildman–Crippen LogP) is 4.48. The number of thiazole rings is 1. The van der Waals surface area contributed by atoms with E-state index in [2.05, 4.69) is 34.8 Å². The van der Waals surface area contributed by atoms with E-state index in [1.54, 1.807) is 23.5 Å². The number of benzene rings is 1. The van der Waals surface area contributed by atoms with Crippen molar-refractivity contribution < 1.29 is 5.11 Å². The maximum absolute atomic E-state index is 9.30. The van der Waals surface area contributed by atoms with E-state index in [1.165, 1.54) is 4.88 Å². The summed E-state index contributed by atoms with van der Waals surface area (Å²) in [5, 5.41) is 9.30. The zero-order valence-electron chi connectivity index (χ0n) is 9.77. The zero-order valence-corrected chi connectivity index (χ0v) is 12.2. The molecule has 0 aliphatic heterocycles. The molecule has 2 nitrogen and oxygen atoms in total. The average molecular weight is 312 g/mol. The molecule has 0 aliphatic carbocycles. The maximum atomic E-state index is 9.30. The van der Waals surface area contributed by atoms with Crippen molar-refractivity contribution in [3.63, 3.8) is 0 Å². The Morgan fingerprint density at radius 1 is 1.29 bits per heavy atom. The lowest BCUT2D eigenvalue weighted by molar-refractivity contribution is 0.475. The molecule has 0 fully saturated rings. The molecule has 0 unspecified atom stereocenters. The molecule has 0 amide bonds. The van der Waals surface area contributed by atoms with Crippen LogP contribution in [0.4, 0.5) is 0 Å². The Labute approximate surface area is 113 Å². The molecular formula is C13H14BrNOS. The van der Waals surface area contributed by atoms with Gasteiger partial charge in [-0.2, -0.15) is 0 Å². The van der Waals surface area contributed by atoms with Gasteiger partial charge < -0.3 is 5.11 Å². The molecule has 0 bridgehead atoms. The summed E-state index contributed by atoms with van der Waals surface area (Å²) in [5.41, 5.74) is 2.08. The molecule has 0 atom stereocenters. The van der Waals surface area contributed by atoms with Gasteiger partial charge in [-0.05, 0) is 52.5 Å². The van der Waals surface area contributed by atoms with Gasteiger partial charge in [-0.15, -0.1) is 11.3 Å². The van der Waals surface area contributed by atoms with Gasteiger partial charge in [0.05, 0.1) is 5.69 Å². The third-order valence-electron chi connectivity index (χ3n) is 2.41. The van der Waals surface area contributed by atoms with Crippen LogP contribution >= 0.6 is 27.3 Å². The molecule has 2 rings (SSSR count). The van der Waals surface area contributed by atoms with Gasteiger partial charge in [0.2, 0.25) is 0 Å². The van der Waals surface area contributed by atoms with Crippen LogP contribution in [0.1, 0.15) is 18.7 Å². The summed E-state index contributed by atoms with van der Waals surface area (Å²) in [5.74, 6) is 0.895.